The Bertz CT molecular complexity index is 206. The lowest BCUT2D eigenvalue weighted by molar-refractivity contribution is 0.0172. The van der Waals surface area contributed by atoms with Crippen LogP contribution in [0, 0.1) is 5.92 Å². The Morgan fingerprint density at radius 2 is 2.12 bits per heavy atom. The molecule has 16 heavy (non-hydrogen) atoms. The van der Waals surface area contributed by atoms with Gasteiger partial charge >= 0.3 is 0 Å². The van der Waals surface area contributed by atoms with E-state index in [0.717, 1.165) is 19.3 Å². The normalized spacial score (nSPS) is 30.9. The van der Waals surface area contributed by atoms with Crippen LogP contribution in [0.5, 0.6) is 0 Å². The van der Waals surface area contributed by atoms with Crippen LogP contribution in [-0.4, -0.2) is 50.3 Å². The molecule has 1 aliphatic heterocycles. The molecule has 0 bridgehead atoms. The summed E-state index contributed by atoms with van der Waals surface area (Å²) in [4.78, 5) is 2.68. The minimum absolute atomic E-state index is 0.659. The average Bonchev–Trinajstić information content (AvgIpc) is 3.13. The van der Waals surface area contributed by atoms with Crippen molar-refractivity contribution in [2.75, 3.05) is 33.4 Å². The second-order valence-corrected chi connectivity index (χ2v) is 5.24. The van der Waals surface area contributed by atoms with Crippen LogP contribution in [-0.2, 0) is 4.74 Å². The zero-order valence-corrected chi connectivity index (χ0v) is 10.7. The van der Waals surface area contributed by atoms with E-state index in [2.05, 4.69) is 24.2 Å². The van der Waals surface area contributed by atoms with Gasteiger partial charge in [0.2, 0.25) is 0 Å². The Kier molecular flexibility index (Phi) is 4.62. The maximum absolute atomic E-state index is 5.63. The topological polar surface area (TPSA) is 24.5 Å². The van der Waals surface area contributed by atoms with Gasteiger partial charge < -0.3 is 10.1 Å². The van der Waals surface area contributed by atoms with Crippen molar-refractivity contribution in [3.8, 4) is 0 Å². The third-order valence-corrected chi connectivity index (χ3v) is 3.89. The first kappa shape index (κ1) is 12.3. The zero-order chi connectivity index (χ0) is 11.4. The van der Waals surface area contributed by atoms with E-state index in [1.165, 1.54) is 38.8 Å². The van der Waals surface area contributed by atoms with Crippen molar-refractivity contribution in [2.24, 2.45) is 5.92 Å². The molecule has 3 heteroatoms. The minimum Gasteiger partial charge on any atom is -0.381 e. The van der Waals surface area contributed by atoms with E-state index >= 15 is 0 Å². The van der Waals surface area contributed by atoms with E-state index in [1.54, 1.807) is 0 Å². The molecule has 0 spiro atoms. The highest BCUT2D eigenvalue weighted by atomic mass is 16.5. The molecule has 2 fully saturated rings. The van der Waals surface area contributed by atoms with Gasteiger partial charge in [-0.1, -0.05) is 6.92 Å². The summed E-state index contributed by atoms with van der Waals surface area (Å²) in [5, 5.41) is 3.45. The number of rotatable bonds is 6. The van der Waals surface area contributed by atoms with Crippen molar-refractivity contribution in [1.29, 1.82) is 0 Å². The SMILES string of the molecule is CCCN(CC1COCCC1NC)C1CC1. The summed E-state index contributed by atoms with van der Waals surface area (Å²) in [5.41, 5.74) is 0. The van der Waals surface area contributed by atoms with E-state index in [4.69, 9.17) is 4.74 Å². The van der Waals surface area contributed by atoms with Crippen LogP contribution in [0.25, 0.3) is 0 Å². The second-order valence-electron chi connectivity index (χ2n) is 5.24. The maximum atomic E-state index is 5.63. The number of nitrogens with one attached hydrogen (secondary N) is 1. The summed E-state index contributed by atoms with van der Waals surface area (Å²) >= 11 is 0. The van der Waals surface area contributed by atoms with Crippen molar-refractivity contribution in [3.63, 3.8) is 0 Å². The molecule has 0 radical (unpaired) electrons. The van der Waals surface area contributed by atoms with Crippen LogP contribution in [0.4, 0.5) is 0 Å². The maximum Gasteiger partial charge on any atom is 0.0521 e. The Balaban J connectivity index is 1.84. The molecule has 0 aromatic carbocycles. The van der Waals surface area contributed by atoms with Gasteiger partial charge in [-0.3, -0.25) is 4.90 Å². The summed E-state index contributed by atoms with van der Waals surface area (Å²) in [7, 11) is 2.09. The fourth-order valence-electron chi connectivity index (χ4n) is 2.81. The highest BCUT2D eigenvalue weighted by molar-refractivity contribution is 4.88. The number of ether oxygens (including phenoxy) is 1. The van der Waals surface area contributed by atoms with Crippen molar-refractivity contribution < 1.29 is 4.74 Å². The van der Waals surface area contributed by atoms with Crippen LogP contribution < -0.4 is 5.32 Å². The molecule has 1 aliphatic carbocycles. The van der Waals surface area contributed by atoms with Crippen molar-refractivity contribution in [1.82, 2.24) is 10.2 Å². The summed E-state index contributed by atoms with van der Waals surface area (Å²) in [5.74, 6) is 0.686. The summed E-state index contributed by atoms with van der Waals surface area (Å²) in [6.07, 6.45) is 5.27. The van der Waals surface area contributed by atoms with E-state index in [0.29, 0.717) is 12.0 Å². The zero-order valence-electron chi connectivity index (χ0n) is 10.7. The van der Waals surface area contributed by atoms with Gasteiger partial charge in [0.1, 0.15) is 0 Å². The standard InChI is InChI=1S/C13H26N2O/c1-3-7-15(12-4-5-12)9-11-10-16-8-6-13(11)14-2/h11-14H,3-10H2,1-2H3. The molecule has 1 N–H and O–H groups in total. The van der Waals surface area contributed by atoms with Crippen LogP contribution in [0.1, 0.15) is 32.6 Å². The predicted octanol–water partition coefficient (Wildman–Crippen LogP) is 1.49. The van der Waals surface area contributed by atoms with E-state index in [-0.39, 0.29) is 0 Å². The van der Waals surface area contributed by atoms with Gasteiger partial charge in [0.05, 0.1) is 6.61 Å². The molecular weight excluding hydrogens is 200 g/mol. The minimum atomic E-state index is 0.659. The molecule has 2 unspecified atom stereocenters. The predicted molar refractivity (Wildman–Crippen MR) is 66.7 cm³/mol. The fraction of sp³-hybridized carbons (Fsp3) is 1.00. The molecule has 2 rings (SSSR count). The monoisotopic (exact) mass is 226 g/mol. The van der Waals surface area contributed by atoms with Gasteiger partial charge in [-0.15, -0.1) is 0 Å². The lowest BCUT2D eigenvalue weighted by atomic mass is 9.95. The molecule has 2 aliphatic rings. The molecule has 94 valence electrons. The largest absolute Gasteiger partial charge is 0.381 e. The van der Waals surface area contributed by atoms with Crippen molar-refractivity contribution >= 4 is 0 Å². The van der Waals surface area contributed by atoms with Crippen LogP contribution >= 0.6 is 0 Å². The first-order chi connectivity index (χ1) is 7.85. The number of hydrogen-bond acceptors (Lipinski definition) is 3. The molecule has 0 amide bonds. The van der Waals surface area contributed by atoms with E-state index < -0.39 is 0 Å². The fourth-order valence-corrected chi connectivity index (χ4v) is 2.81. The molecule has 0 aromatic rings. The molecule has 1 saturated heterocycles. The molecule has 1 saturated carbocycles. The van der Waals surface area contributed by atoms with Gasteiger partial charge in [-0.2, -0.15) is 0 Å². The average molecular weight is 226 g/mol. The Morgan fingerprint density at radius 3 is 2.75 bits per heavy atom. The molecular formula is C13H26N2O. The Labute approximate surface area is 99.5 Å². The first-order valence-corrected chi connectivity index (χ1v) is 6.84. The first-order valence-electron chi connectivity index (χ1n) is 6.84. The smallest absolute Gasteiger partial charge is 0.0521 e. The van der Waals surface area contributed by atoms with Crippen molar-refractivity contribution in [2.45, 2.75) is 44.7 Å². The summed E-state index contributed by atoms with van der Waals surface area (Å²) in [6, 6.07) is 1.55. The van der Waals surface area contributed by atoms with Crippen LogP contribution in [0.3, 0.4) is 0 Å². The Morgan fingerprint density at radius 1 is 1.31 bits per heavy atom. The van der Waals surface area contributed by atoms with Gasteiger partial charge in [-0.05, 0) is 39.3 Å². The van der Waals surface area contributed by atoms with Crippen molar-refractivity contribution in [3.05, 3.63) is 0 Å². The quantitative estimate of drug-likeness (QED) is 0.742. The Hall–Kier alpha value is -0.120. The second kappa shape index (κ2) is 5.99. The van der Waals surface area contributed by atoms with Gasteiger partial charge in [-0.25, -0.2) is 0 Å². The summed E-state index contributed by atoms with van der Waals surface area (Å²) in [6.45, 7) is 6.64. The van der Waals surface area contributed by atoms with Gasteiger partial charge in [0.15, 0.2) is 0 Å². The lowest BCUT2D eigenvalue weighted by Crippen LogP contribution is -2.47. The lowest BCUT2D eigenvalue weighted by Gasteiger charge is -2.35. The number of nitrogens with zero attached hydrogens (tertiary/aromatic N) is 1. The summed E-state index contributed by atoms with van der Waals surface area (Å²) < 4.78 is 5.63. The van der Waals surface area contributed by atoms with Gasteiger partial charge in [0, 0.05) is 31.2 Å². The molecule has 2 atom stereocenters. The molecule has 1 heterocycles. The number of hydrogen-bond donors (Lipinski definition) is 1. The van der Waals surface area contributed by atoms with E-state index in [9.17, 15) is 0 Å². The highest BCUT2D eigenvalue weighted by Crippen LogP contribution is 2.29. The van der Waals surface area contributed by atoms with Gasteiger partial charge in [0.25, 0.3) is 0 Å². The van der Waals surface area contributed by atoms with E-state index in [1.807, 2.05) is 0 Å². The molecule has 0 aromatic heterocycles. The highest BCUT2D eigenvalue weighted by Gasteiger charge is 2.33. The third-order valence-electron chi connectivity index (χ3n) is 3.89. The van der Waals surface area contributed by atoms with Crippen LogP contribution in [0.15, 0.2) is 0 Å². The molecule has 3 nitrogen and oxygen atoms in total. The van der Waals surface area contributed by atoms with Crippen LogP contribution in [0.2, 0.25) is 0 Å². The third kappa shape index (κ3) is 3.19.